The maximum absolute atomic E-state index is 11.2. The van der Waals surface area contributed by atoms with Gasteiger partial charge in [0.1, 0.15) is 11.5 Å². The molecule has 0 saturated heterocycles. The van der Waals surface area contributed by atoms with Crippen LogP contribution in [0.4, 0.5) is 22.7 Å². The lowest BCUT2D eigenvalue weighted by Crippen LogP contribution is -2.07. The SMILES string of the molecule is CCOc1cc(N=Nc2ccc(NC(C)=O)c(OCC)c2)ccc1N. The van der Waals surface area contributed by atoms with Crippen molar-refractivity contribution in [2.75, 3.05) is 24.3 Å². The smallest absolute Gasteiger partial charge is 0.221 e. The number of azo groups is 1. The number of anilines is 2. The molecule has 0 aliphatic rings. The Labute approximate surface area is 146 Å². The van der Waals surface area contributed by atoms with Gasteiger partial charge in [-0.25, -0.2) is 0 Å². The van der Waals surface area contributed by atoms with Gasteiger partial charge in [0.05, 0.1) is 36.0 Å². The molecule has 0 bridgehead atoms. The van der Waals surface area contributed by atoms with Gasteiger partial charge in [0.2, 0.25) is 5.91 Å². The lowest BCUT2D eigenvalue weighted by molar-refractivity contribution is -0.114. The molecule has 0 spiro atoms. The Morgan fingerprint density at radius 3 is 2.16 bits per heavy atom. The third-order valence-corrected chi connectivity index (χ3v) is 3.15. The van der Waals surface area contributed by atoms with E-state index in [9.17, 15) is 4.79 Å². The van der Waals surface area contributed by atoms with Crippen molar-refractivity contribution < 1.29 is 14.3 Å². The molecule has 25 heavy (non-hydrogen) atoms. The first kappa shape index (κ1) is 18.3. The molecule has 0 atom stereocenters. The van der Waals surface area contributed by atoms with E-state index in [-0.39, 0.29) is 5.91 Å². The quantitative estimate of drug-likeness (QED) is 0.574. The van der Waals surface area contributed by atoms with Crippen molar-refractivity contribution in [1.82, 2.24) is 0 Å². The van der Waals surface area contributed by atoms with Crippen LogP contribution in [0.15, 0.2) is 46.6 Å². The van der Waals surface area contributed by atoms with Crippen LogP contribution in [0.5, 0.6) is 11.5 Å². The van der Waals surface area contributed by atoms with Crippen molar-refractivity contribution in [1.29, 1.82) is 0 Å². The van der Waals surface area contributed by atoms with E-state index in [2.05, 4.69) is 15.5 Å². The van der Waals surface area contributed by atoms with Gasteiger partial charge < -0.3 is 20.5 Å². The number of benzene rings is 2. The molecule has 0 fully saturated rings. The lowest BCUT2D eigenvalue weighted by Gasteiger charge is -2.10. The van der Waals surface area contributed by atoms with Crippen LogP contribution >= 0.6 is 0 Å². The number of nitrogens with two attached hydrogens (primary N) is 1. The highest BCUT2D eigenvalue weighted by Gasteiger charge is 2.07. The first-order chi connectivity index (χ1) is 12.0. The molecule has 0 saturated carbocycles. The van der Waals surface area contributed by atoms with Crippen LogP contribution in [0.3, 0.4) is 0 Å². The van der Waals surface area contributed by atoms with Gasteiger partial charge in [-0.3, -0.25) is 4.79 Å². The molecule has 2 aromatic rings. The zero-order valence-electron chi connectivity index (χ0n) is 14.6. The molecule has 1 amide bonds. The number of nitrogens with one attached hydrogen (secondary N) is 1. The fourth-order valence-electron chi connectivity index (χ4n) is 2.12. The highest BCUT2D eigenvalue weighted by Crippen LogP contribution is 2.32. The monoisotopic (exact) mass is 342 g/mol. The van der Waals surface area contributed by atoms with Crippen LogP contribution in [-0.4, -0.2) is 19.1 Å². The molecular weight excluding hydrogens is 320 g/mol. The Kier molecular flexibility index (Phi) is 6.33. The van der Waals surface area contributed by atoms with Gasteiger partial charge in [-0.2, -0.15) is 10.2 Å². The minimum Gasteiger partial charge on any atom is -0.492 e. The molecule has 2 aromatic carbocycles. The molecule has 7 heteroatoms. The van der Waals surface area contributed by atoms with Crippen molar-refractivity contribution in [2.24, 2.45) is 10.2 Å². The summed E-state index contributed by atoms with van der Waals surface area (Å²) in [6.07, 6.45) is 0. The van der Waals surface area contributed by atoms with E-state index in [0.717, 1.165) is 0 Å². The summed E-state index contributed by atoms with van der Waals surface area (Å²) in [7, 11) is 0. The Balaban J connectivity index is 2.24. The average Bonchev–Trinajstić information content (AvgIpc) is 2.57. The van der Waals surface area contributed by atoms with E-state index in [1.165, 1.54) is 6.92 Å². The summed E-state index contributed by atoms with van der Waals surface area (Å²) in [5.74, 6) is 0.956. The fraction of sp³-hybridized carbons (Fsp3) is 0.278. The summed E-state index contributed by atoms with van der Waals surface area (Å²) >= 11 is 0. The molecule has 0 aromatic heterocycles. The largest absolute Gasteiger partial charge is 0.492 e. The molecular formula is C18H22N4O3. The van der Waals surface area contributed by atoms with E-state index in [4.69, 9.17) is 15.2 Å². The van der Waals surface area contributed by atoms with Crippen LogP contribution in [-0.2, 0) is 4.79 Å². The van der Waals surface area contributed by atoms with Crippen LogP contribution in [0, 0.1) is 0 Å². The molecule has 0 unspecified atom stereocenters. The number of hydrogen-bond donors (Lipinski definition) is 2. The zero-order valence-corrected chi connectivity index (χ0v) is 14.6. The third kappa shape index (κ3) is 5.20. The summed E-state index contributed by atoms with van der Waals surface area (Å²) in [5, 5.41) is 11.1. The second-order valence-electron chi connectivity index (χ2n) is 5.15. The molecule has 132 valence electrons. The van der Waals surface area contributed by atoms with Crippen molar-refractivity contribution in [3.8, 4) is 11.5 Å². The van der Waals surface area contributed by atoms with Gasteiger partial charge in [0.15, 0.2) is 0 Å². The van der Waals surface area contributed by atoms with Crippen LogP contribution < -0.4 is 20.5 Å². The second-order valence-corrected chi connectivity index (χ2v) is 5.15. The zero-order chi connectivity index (χ0) is 18.2. The summed E-state index contributed by atoms with van der Waals surface area (Å²) in [6.45, 7) is 6.20. The van der Waals surface area contributed by atoms with E-state index in [1.807, 2.05) is 13.8 Å². The van der Waals surface area contributed by atoms with Gasteiger partial charge in [0.25, 0.3) is 0 Å². The van der Waals surface area contributed by atoms with Crippen LogP contribution in [0.25, 0.3) is 0 Å². The highest BCUT2D eigenvalue weighted by molar-refractivity contribution is 5.90. The highest BCUT2D eigenvalue weighted by atomic mass is 16.5. The summed E-state index contributed by atoms with van der Waals surface area (Å²) in [4.78, 5) is 11.2. The fourth-order valence-corrected chi connectivity index (χ4v) is 2.12. The van der Waals surface area contributed by atoms with Gasteiger partial charge >= 0.3 is 0 Å². The normalized spacial score (nSPS) is 10.7. The van der Waals surface area contributed by atoms with Crippen molar-refractivity contribution in [2.45, 2.75) is 20.8 Å². The standard InChI is InChI=1S/C18H22N4O3/c1-4-24-17-10-13(6-8-15(17)19)21-22-14-7-9-16(20-12(3)23)18(11-14)25-5-2/h6-11H,4-5,19H2,1-3H3,(H,20,23). The Morgan fingerprint density at radius 1 is 1.00 bits per heavy atom. The van der Waals surface area contributed by atoms with Gasteiger partial charge in [-0.05, 0) is 38.1 Å². The minimum atomic E-state index is -0.166. The Morgan fingerprint density at radius 2 is 1.56 bits per heavy atom. The number of nitrogen functional groups attached to an aromatic ring is 1. The maximum Gasteiger partial charge on any atom is 0.221 e. The van der Waals surface area contributed by atoms with Crippen molar-refractivity contribution in [3.63, 3.8) is 0 Å². The predicted octanol–water partition coefficient (Wildman–Crippen LogP) is 4.44. The molecule has 0 radical (unpaired) electrons. The minimum absolute atomic E-state index is 0.166. The number of carbonyl (C=O) groups excluding carboxylic acids is 1. The van der Waals surface area contributed by atoms with Gasteiger partial charge in [0, 0.05) is 19.1 Å². The molecule has 7 nitrogen and oxygen atoms in total. The van der Waals surface area contributed by atoms with Crippen molar-refractivity contribution in [3.05, 3.63) is 36.4 Å². The van der Waals surface area contributed by atoms with E-state index in [0.29, 0.717) is 47.5 Å². The van der Waals surface area contributed by atoms with Crippen molar-refractivity contribution >= 4 is 28.7 Å². The van der Waals surface area contributed by atoms with E-state index >= 15 is 0 Å². The second kappa shape index (κ2) is 8.68. The van der Waals surface area contributed by atoms with E-state index < -0.39 is 0 Å². The molecule has 0 aliphatic heterocycles. The van der Waals surface area contributed by atoms with Gasteiger partial charge in [-0.1, -0.05) is 0 Å². The predicted molar refractivity (Wildman–Crippen MR) is 98.1 cm³/mol. The summed E-state index contributed by atoms with van der Waals surface area (Å²) in [5.41, 5.74) is 8.23. The molecule has 3 N–H and O–H groups in total. The first-order valence-corrected chi connectivity index (χ1v) is 8.02. The number of rotatable bonds is 7. The topological polar surface area (TPSA) is 98.3 Å². The maximum atomic E-state index is 11.2. The van der Waals surface area contributed by atoms with Crippen LogP contribution in [0.2, 0.25) is 0 Å². The number of nitrogens with zero attached hydrogens (tertiary/aromatic N) is 2. The number of amides is 1. The first-order valence-electron chi connectivity index (χ1n) is 8.02. The molecule has 0 aliphatic carbocycles. The average molecular weight is 342 g/mol. The van der Waals surface area contributed by atoms with Crippen LogP contribution in [0.1, 0.15) is 20.8 Å². The molecule has 2 rings (SSSR count). The molecule has 0 heterocycles. The summed E-state index contributed by atoms with van der Waals surface area (Å²) < 4.78 is 11.0. The number of ether oxygens (including phenoxy) is 2. The third-order valence-electron chi connectivity index (χ3n) is 3.15. The summed E-state index contributed by atoms with van der Waals surface area (Å²) in [6, 6.07) is 10.4. The number of hydrogen-bond acceptors (Lipinski definition) is 6. The Hall–Kier alpha value is -3.09. The van der Waals surface area contributed by atoms with Gasteiger partial charge in [-0.15, -0.1) is 0 Å². The number of carbonyl (C=O) groups is 1. The van der Waals surface area contributed by atoms with E-state index in [1.54, 1.807) is 36.4 Å². The lowest BCUT2D eigenvalue weighted by atomic mass is 10.2. The Bertz CT molecular complexity index is 775.